The first kappa shape index (κ1) is 11.6. The van der Waals surface area contributed by atoms with Gasteiger partial charge in [0.25, 0.3) is 0 Å². The van der Waals surface area contributed by atoms with Gasteiger partial charge in [0, 0.05) is 21.6 Å². The van der Waals surface area contributed by atoms with E-state index in [4.69, 9.17) is 5.73 Å². The van der Waals surface area contributed by atoms with E-state index in [9.17, 15) is 0 Å². The third-order valence-corrected chi connectivity index (χ3v) is 4.70. The van der Waals surface area contributed by atoms with Crippen LogP contribution in [-0.4, -0.2) is 16.7 Å². The van der Waals surface area contributed by atoms with E-state index in [-0.39, 0.29) is 0 Å². The highest BCUT2D eigenvalue weighted by atomic mass is 32.2. The van der Waals surface area contributed by atoms with Crippen molar-refractivity contribution in [2.75, 3.05) is 6.54 Å². The molecule has 0 radical (unpaired) electrons. The Morgan fingerprint density at radius 2 is 2.38 bits per heavy atom. The topological polar surface area (TPSA) is 51.8 Å². The van der Waals surface area contributed by atoms with Gasteiger partial charge in [0.2, 0.25) is 0 Å². The van der Waals surface area contributed by atoms with Crippen LogP contribution < -0.4 is 5.73 Å². The summed E-state index contributed by atoms with van der Waals surface area (Å²) in [7, 11) is 0. The SMILES string of the molecule is NCC#Cc1csc(CSc2nncs2)c1. The molecule has 0 aliphatic rings. The summed E-state index contributed by atoms with van der Waals surface area (Å²) < 4.78 is 1.00. The number of hydrogen-bond acceptors (Lipinski definition) is 6. The van der Waals surface area contributed by atoms with Crippen molar-refractivity contribution in [3.8, 4) is 11.8 Å². The first-order valence-corrected chi connectivity index (χ1v) is 7.28. The molecule has 0 aliphatic carbocycles. The summed E-state index contributed by atoms with van der Waals surface area (Å²) in [5.41, 5.74) is 8.11. The quantitative estimate of drug-likeness (QED) is 0.684. The van der Waals surface area contributed by atoms with Gasteiger partial charge >= 0.3 is 0 Å². The standard InChI is InChI=1S/C10H9N3S3/c11-3-1-2-8-4-9(14-5-8)6-15-10-13-12-7-16-10/h4-5,7H,3,6,11H2. The zero-order chi connectivity index (χ0) is 11.2. The maximum absolute atomic E-state index is 5.32. The van der Waals surface area contributed by atoms with Gasteiger partial charge in [-0.2, -0.15) is 0 Å². The fourth-order valence-corrected chi connectivity index (χ4v) is 3.39. The number of thiophene rings is 1. The molecular weight excluding hydrogens is 258 g/mol. The Labute approximate surface area is 106 Å². The molecule has 6 heteroatoms. The molecule has 2 N–H and O–H groups in total. The molecule has 0 fully saturated rings. The number of rotatable bonds is 3. The molecule has 2 rings (SSSR count). The smallest absolute Gasteiger partial charge is 0.174 e. The molecule has 0 unspecified atom stereocenters. The van der Waals surface area contributed by atoms with Crippen LogP contribution >= 0.6 is 34.4 Å². The van der Waals surface area contributed by atoms with Crippen molar-refractivity contribution in [3.05, 3.63) is 27.4 Å². The lowest BCUT2D eigenvalue weighted by Crippen LogP contribution is -1.92. The van der Waals surface area contributed by atoms with Crippen LogP contribution in [0.5, 0.6) is 0 Å². The zero-order valence-electron chi connectivity index (χ0n) is 8.34. The Morgan fingerprint density at radius 3 is 3.12 bits per heavy atom. The Kier molecular flexibility index (Phi) is 4.36. The lowest BCUT2D eigenvalue weighted by Gasteiger charge is -1.91. The van der Waals surface area contributed by atoms with E-state index in [1.807, 2.05) is 0 Å². The second-order valence-electron chi connectivity index (χ2n) is 2.80. The zero-order valence-corrected chi connectivity index (χ0v) is 10.8. The number of aromatic nitrogens is 2. The fraction of sp³-hybridized carbons (Fsp3) is 0.200. The number of nitrogens with zero attached hydrogens (tertiary/aromatic N) is 2. The maximum Gasteiger partial charge on any atom is 0.174 e. The van der Waals surface area contributed by atoms with E-state index in [1.165, 1.54) is 4.88 Å². The minimum Gasteiger partial charge on any atom is -0.320 e. The van der Waals surface area contributed by atoms with Crippen LogP contribution in [0.4, 0.5) is 0 Å². The molecule has 2 heterocycles. The summed E-state index contributed by atoms with van der Waals surface area (Å²) in [4.78, 5) is 1.29. The first-order chi connectivity index (χ1) is 7.88. The summed E-state index contributed by atoms with van der Waals surface area (Å²) in [6.07, 6.45) is 0. The Morgan fingerprint density at radius 1 is 1.44 bits per heavy atom. The van der Waals surface area contributed by atoms with Crippen molar-refractivity contribution in [1.29, 1.82) is 0 Å². The second-order valence-corrected chi connectivity index (χ2v) is 5.85. The Balaban J connectivity index is 1.93. The average molecular weight is 267 g/mol. The van der Waals surface area contributed by atoms with Gasteiger partial charge in [0.15, 0.2) is 4.34 Å². The number of thioether (sulfide) groups is 1. The molecular formula is C10H9N3S3. The lowest BCUT2D eigenvalue weighted by molar-refractivity contribution is 1.01. The highest BCUT2D eigenvalue weighted by Crippen LogP contribution is 2.26. The summed E-state index contributed by atoms with van der Waals surface area (Å²) in [5.74, 6) is 6.78. The number of hydrogen-bond donors (Lipinski definition) is 1. The highest BCUT2D eigenvalue weighted by molar-refractivity contribution is 8.00. The van der Waals surface area contributed by atoms with Crippen LogP contribution in [0, 0.1) is 11.8 Å². The maximum atomic E-state index is 5.32. The minimum atomic E-state index is 0.407. The van der Waals surface area contributed by atoms with Crippen molar-refractivity contribution in [2.45, 2.75) is 10.1 Å². The molecule has 3 nitrogen and oxygen atoms in total. The Hall–Kier alpha value is -0.870. The van der Waals surface area contributed by atoms with Crippen molar-refractivity contribution >= 4 is 34.4 Å². The molecule has 0 amide bonds. The van der Waals surface area contributed by atoms with Crippen molar-refractivity contribution in [2.24, 2.45) is 5.73 Å². The van der Waals surface area contributed by atoms with E-state index in [1.54, 1.807) is 39.9 Å². The lowest BCUT2D eigenvalue weighted by atomic mass is 10.3. The third-order valence-electron chi connectivity index (χ3n) is 1.67. The predicted molar refractivity (Wildman–Crippen MR) is 69.7 cm³/mol. The van der Waals surface area contributed by atoms with Gasteiger partial charge in [-0.25, -0.2) is 0 Å². The van der Waals surface area contributed by atoms with E-state index >= 15 is 0 Å². The molecule has 0 saturated heterocycles. The van der Waals surface area contributed by atoms with Crippen LogP contribution in [0.25, 0.3) is 0 Å². The summed E-state index contributed by atoms with van der Waals surface area (Å²) in [5, 5.41) is 9.83. The van der Waals surface area contributed by atoms with Gasteiger partial charge in [-0.3, -0.25) is 0 Å². The van der Waals surface area contributed by atoms with Gasteiger partial charge in [0.1, 0.15) is 5.51 Å². The average Bonchev–Trinajstić information content (AvgIpc) is 2.95. The molecule has 0 aliphatic heterocycles. The monoisotopic (exact) mass is 267 g/mol. The van der Waals surface area contributed by atoms with Gasteiger partial charge in [-0.05, 0) is 6.07 Å². The van der Waals surface area contributed by atoms with Crippen LogP contribution in [0.15, 0.2) is 21.3 Å². The minimum absolute atomic E-state index is 0.407. The van der Waals surface area contributed by atoms with Gasteiger partial charge in [-0.15, -0.1) is 21.5 Å². The molecule has 0 saturated carbocycles. The van der Waals surface area contributed by atoms with Crippen LogP contribution in [0.2, 0.25) is 0 Å². The van der Waals surface area contributed by atoms with Crippen LogP contribution in [-0.2, 0) is 5.75 Å². The normalized spacial score (nSPS) is 9.81. The largest absolute Gasteiger partial charge is 0.320 e. The van der Waals surface area contributed by atoms with E-state index in [0.29, 0.717) is 6.54 Å². The molecule has 16 heavy (non-hydrogen) atoms. The first-order valence-electron chi connectivity index (χ1n) is 4.54. The fourth-order valence-electron chi connectivity index (χ4n) is 1.03. The summed E-state index contributed by atoms with van der Waals surface area (Å²) >= 11 is 4.98. The molecule has 2 aromatic heterocycles. The van der Waals surface area contributed by atoms with E-state index in [0.717, 1.165) is 15.7 Å². The van der Waals surface area contributed by atoms with Crippen LogP contribution in [0.1, 0.15) is 10.4 Å². The second kappa shape index (κ2) is 6.01. The molecule has 0 atom stereocenters. The predicted octanol–water partition coefficient (Wildman–Crippen LogP) is 2.20. The van der Waals surface area contributed by atoms with E-state index in [2.05, 4.69) is 33.5 Å². The highest BCUT2D eigenvalue weighted by Gasteiger charge is 2.01. The van der Waals surface area contributed by atoms with Crippen LogP contribution in [0.3, 0.4) is 0 Å². The van der Waals surface area contributed by atoms with Crippen molar-refractivity contribution in [1.82, 2.24) is 10.2 Å². The van der Waals surface area contributed by atoms with Gasteiger partial charge < -0.3 is 5.73 Å². The third kappa shape index (κ3) is 3.32. The van der Waals surface area contributed by atoms with Gasteiger partial charge in [0.05, 0.1) is 6.54 Å². The molecule has 2 aromatic rings. The van der Waals surface area contributed by atoms with Gasteiger partial charge in [-0.1, -0.05) is 34.9 Å². The molecule has 0 aromatic carbocycles. The molecule has 0 spiro atoms. The molecule has 0 bridgehead atoms. The van der Waals surface area contributed by atoms with Crippen molar-refractivity contribution in [3.63, 3.8) is 0 Å². The molecule has 82 valence electrons. The summed E-state index contributed by atoms with van der Waals surface area (Å²) in [6.45, 7) is 0.407. The summed E-state index contributed by atoms with van der Waals surface area (Å²) in [6, 6.07) is 2.10. The Bertz CT molecular complexity index is 493. The number of nitrogens with two attached hydrogens (primary N) is 1. The van der Waals surface area contributed by atoms with Crippen molar-refractivity contribution < 1.29 is 0 Å². The van der Waals surface area contributed by atoms with E-state index < -0.39 is 0 Å².